The summed E-state index contributed by atoms with van der Waals surface area (Å²) in [6, 6.07) is 4.18. The molecule has 0 saturated carbocycles. The first kappa shape index (κ1) is 19.3. The van der Waals surface area contributed by atoms with E-state index in [2.05, 4.69) is 27.4 Å². The molecule has 3 heterocycles. The van der Waals surface area contributed by atoms with Crippen molar-refractivity contribution in [2.45, 2.75) is 44.8 Å². The maximum atomic E-state index is 6.23. The lowest BCUT2D eigenvalue weighted by atomic mass is 10.1. The number of nitrogens with zero attached hydrogens (tertiary/aromatic N) is 3. The lowest BCUT2D eigenvalue weighted by Gasteiger charge is -2.26. The van der Waals surface area contributed by atoms with Crippen molar-refractivity contribution in [3.63, 3.8) is 0 Å². The van der Waals surface area contributed by atoms with Crippen molar-refractivity contribution in [3.8, 4) is 5.88 Å². The fourth-order valence-corrected chi connectivity index (χ4v) is 3.70. The number of likely N-dealkylation sites (tertiary alicyclic amines) is 1. The molecule has 2 fully saturated rings. The molecule has 2 aliphatic rings. The highest BCUT2D eigenvalue weighted by molar-refractivity contribution is 5.18. The van der Waals surface area contributed by atoms with Gasteiger partial charge in [-0.25, -0.2) is 4.98 Å². The lowest BCUT2D eigenvalue weighted by molar-refractivity contribution is 0.109. The molecule has 2 saturated heterocycles. The zero-order valence-corrected chi connectivity index (χ0v) is 15.9. The Kier molecular flexibility index (Phi) is 7.92. The third-order valence-electron chi connectivity index (χ3n) is 5.16. The van der Waals surface area contributed by atoms with Gasteiger partial charge in [0.25, 0.3) is 0 Å². The highest BCUT2D eigenvalue weighted by Gasteiger charge is 2.18. The zero-order chi connectivity index (χ0) is 18.0. The number of hydrogen-bond donors (Lipinski definition) is 0. The van der Waals surface area contributed by atoms with E-state index in [-0.39, 0.29) is 6.10 Å². The Labute approximate surface area is 158 Å². The molecule has 26 heavy (non-hydrogen) atoms. The molecule has 0 aliphatic carbocycles. The minimum Gasteiger partial charge on any atom is -0.473 e. The Hall–Kier alpha value is -1.43. The molecule has 0 spiro atoms. The second-order valence-electron chi connectivity index (χ2n) is 7.36. The molecular weight excluding hydrogens is 326 g/mol. The number of hydrogen-bond acceptors (Lipinski definition) is 5. The standard InChI is InChI=1S/C21H33N3O2/c1-2-3-7-20(18-24-12-6-14-25-15-13-24)26-21-9-8-19(16-22-21)17-23-10-4-5-11-23/h2,8-9,16,20H,1,3-7,10-15,17-18H2. The van der Waals surface area contributed by atoms with Crippen LogP contribution in [0.1, 0.15) is 37.7 Å². The highest BCUT2D eigenvalue weighted by Crippen LogP contribution is 2.17. The third kappa shape index (κ3) is 6.38. The Bertz CT molecular complexity index is 521. The van der Waals surface area contributed by atoms with Crippen molar-refractivity contribution < 1.29 is 9.47 Å². The predicted octanol–water partition coefficient (Wildman–Crippen LogP) is 3.11. The van der Waals surface area contributed by atoms with E-state index in [1.807, 2.05) is 18.3 Å². The van der Waals surface area contributed by atoms with Crippen LogP contribution in [0.25, 0.3) is 0 Å². The second-order valence-corrected chi connectivity index (χ2v) is 7.36. The van der Waals surface area contributed by atoms with Gasteiger partial charge in [-0.05, 0) is 50.8 Å². The van der Waals surface area contributed by atoms with Gasteiger partial charge in [0.15, 0.2) is 0 Å². The Morgan fingerprint density at radius 3 is 2.73 bits per heavy atom. The van der Waals surface area contributed by atoms with Gasteiger partial charge < -0.3 is 9.47 Å². The summed E-state index contributed by atoms with van der Waals surface area (Å²) >= 11 is 0. The van der Waals surface area contributed by atoms with E-state index in [0.29, 0.717) is 0 Å². The normalized spacial score (nSPS) is 20.6. The van der Waals surface area contributed by atoms with Crippen LogP contribution in [0.15, 0.2) is 31.0 Å². The molecule has 5 heteroatoms. The Balaban J connectivity index is 1.53. The number of aromatic nitrogens is 1. The van der Waals surface area contributed by atoms with Gasteiger partial charge in [-0.3, -0.25) is 9.80 Å². The number of pyridine rings is 1. The first-order valence-corrected chi connectivity index (χ1v) is 10.1. The van der Waals surface area contributed by atoms with Gasteiger partial charge in [0.2, 0.25) is 5.88 Å². The topological polar surface area (TPSA) is 37.8 Å². The molecular formula is C21H33N3O2. The summed E-state index contributed by atoms with van der Waals surface area (Å²) in [4.78, 5) is 9.50. The molecule has 1 aromatic heterocycles. The van der Waals surface area contributed by atoms with Gasteiger partial charge in [0, 0.05) is 45.0 Å². The summed E-state index contributed by atoms with van der Waals surface area (Å²) in [6.45, 7) is 11.9. The predicted molar refractivity (Wildman–Crippen MR) is 104 cm³/mol. The largest absolute Gasteiger partial charge is 0.473 e. The molecule has 0 N–H and O–H groups in total. The molecule has 1 aromatic rings. The van der Waals surface area contributed by atoms with Crippen LogP contribution in [0.5, 0.6) is 5.88 Å². The molecule has 144 valence electrons. The molecule has 1 unspecified atom stereocenters. The van der Waals surface area contributed by atoms with Crippen molar-refractivity contribution in [1.82, 2.24) is 14.8 Å². The van der Waals surface area contributed by atoms with Crippen molar-refractivity contribution in [2.24, 2.45) is 0 Å². The van der Waals surface area contributed by atoms with E-state index < -0.39 is 0 Å². The summed E-state index contributed by atoms with van der Waals surface area (Å²) in [6.07, 6.45) is 9.75. The summed E-state index contributed by atoms with van der Waals surface area (Å²) in [5.41, 5.74) is 1.27. The quantitative estimate of drug-likeness (QED) is 0.634. The minimum atomic E-state index is 0.142. The summed E-state index contributed by atoms with van der Waals surface area (Å²) in [7, 11) is 0. The first-order valence-electron chi connectivity index (χ1n) is 10.1. The lowest BCUT2D eigenvalue weighted by Crippen LogP contribution is -2.37. The van der Waals surface area contributed by atoms with Gasteiger partial charge in [-0.2, -0.15) is 0 Å². The fraction of sp³-hybridized carbons (Fsp3) is 0.667. The minimum absolute atomic E-state index is 0.142. The van der Waals surface area contributed by atoms with Crippen LogP contribution in [0, 0.1) is 0 Å². The van der Waals surface area contributed by atoms with Gasteiger partial charge in [-0.15, -0.1) is 6.58 Å². The first-order chi connectivity index (χ1) is 12.8. The average Bonchev–Trinajstić information content (AvgIpc) is 3.03. The van der Waals surface area contributed by atoms with Gasteiger partial charge in [-0.1, -0.05) is 12.1 Å². The SMILES string of the molecule is C=CCCC(CN1CCCOCC1)Oc1ccc(CN2CCCC2)cn1. The molecule has 3 rings (SSSR count). The van der Waals surface area contributed by atoms with Crippen LogP contribution < -0.4 is 4.74 Å². The van der Waals surface area contributed by atoms with E-state index >= 15 is 0 Å². The van der Waals surface area contributed by atoms with Crippen molar-refractivity contribution in [2.75, 3.05) is 45.9 Å². The molecule has 0 bridgehead atoms. The van der Waals surface area contributed by atoms with Crippen LogP contribution >= 0.6 is 0 Å². The van der Waals surface area contributed by atoms with E-state index in [0.717, 1.165) is 64.5 Å². The van der Waals surface area contributed by atoms with Crippen LogP contribution in [-0.2, 0) is 11.3 Å². The summed E-state index contributed by atoms with van der Waals surface area (Å²) in [5.74, 6) is 0.732. The molecule has 0 amide bonds. The van der Waals surface area contributed by atoms with Gasteiger partial charge >= 0.3 is 0 Å². The maximum absolute atomic E-state index is 6.23. The monoisotopic (exact) mass is 359 g/mol. The van der Waals surface area contributed by atoms with E-state index in [1.165, 1.54) is 31.5 Å². The average molecular weight is 360 g/mol. The number of ether oxygens (including phenoxy) is 2. The van der Waals surface area contributed by atoms with E-state index in [9.17, 15) is 0 Å². The molecule has 0 radical (unpaired) electrons. The number of rotatable bonds is 9. The van der Waals surface area contributed by atoms with Crippen molar-refractivity contribution >= 4 is 0 Å². The summed E-state index contributed by atoms with van der Waals surface area (Å²) in [5, 5.41) is 0. The highest BCUT2D eigenvalue weighted by atomic mass is 16.5. The maximum Gasteiger partial charge on any atom is 0.213 e. The van der Waals surface area contributed by atoms with Crippen LogP contribution in [0.4, 0.5) is 0 Å². The van der Waals surface area contributed by atoms with Crippen LogP contribution in [0.2, 0.25) is 0 Å². The number of allylic oxidation sites excluding steroid dienone is 1. The summed E-state index contributed by atoms with van der Waals surface area (Å²) < 4.78 is 11.8. The van der Waals surface area contributed by atoms with E-state index in [1.54, 1.807) is 0 Å². The fourth-order valence-electron chi connectivity index (χ4n) is 3.70. The van der Waals surface area contributed by atoms with Crippen molar-refractivity contribution in [1.29, 1.82) is 0 Å². The Morgan fingerprint density at radius 1 is 1.12 bits per heavy atom. The molecule has 5 nitrogen and oxygen atoms in total. The third-order valence-corrected chi connectivity index (χ3v) is 5.16. The van der Waals surface area contributed by atoms with Gasteiger partial charge in [0.05, 0.1) is 6.61 Å². The molecule has 2 aliphatic heterocycles. The zero-order valence-electron chi connectivity index (χ0n) is 15.9. The van der Waals surface area contributed by atoms with Gasteiger partial charge in [0.1, 0.15) is 6.10 Å². The molecule has 0 aromatic carbocycles. The van der Waals surface area contributed by atoms with Crippen molar-refractivity contribution in [3.05, 3.63) is 36.5 Å². The second kappa shape index (κ2) is 10.7. The van der Waals surface area contributed by atoms with Crippen LogP contribution in [0.3, 0.4) is 0 Å². The van der Waals surface area contributed by atoms with Crippen LogP contribution in [-0.4, -0.2) is 66.8 Å². The molecule has 1 atom stereocenters. The smallest absolute Gasteiger partial charge is 0.213 e. The van der Waals surface area contributed by atoms with E-state index in [4.69, 9.17) is 9.47 Å². The Morgan fingerprint density at radius 2 is 1.96 bits per heavy atom.